The molecule has 1 heterocycles. The number of aryl methyl sites for hydroxylation is 1. The van der Waals surface area contributed by atoms with Crippen molar-refractivity contribution in [1.82, 2.24) is 15.0 Å². The molecule has 0 saturated heterocycles. The molecule has 27 nitrogen and oxygen atoms in total. The van der Waals surface area contributed by atoms with Crippen LogP contribution in [0.3, 0.4) is 0 Å². The predicted molar refractivity (Wildman–Crippen MR) is 250 cm³/mol. The van der Waals surface area contributed by atoms with E-state index >= 15 is 0 Å². The molecule has 72 heavy (non-hydrogen) atoms. The number of aliphatic hydroxyl groups is 1. The number of phenolic OH excluding ortho intramolecular Hbond substituents is 2. The smallest absolute Gasteiger partial charge is 0.744 e. The van der Waals surface area contributed by atoms with Crippen molar-refractivity contribution in [2.45, 2.75) is 26.5 Å². The summed E-state index contributed by atoms with van der Waals surface area (Å²) in [7, 11) is -17.3. The van der Waals surface area contributed by atoms with Crippen LogP contribution < -0.4 is 55.0 Å². The quantitative estimate of drug-likeness (QED) is 0.0359. The second kappa shape index (κ2) is 21.1. The fourth-order valence-electron chi connectivity index (χ4n) is 6.67. The van der Waals surface area contributed by atoms with Crippen molar-refractivity contribution in [3.63, 3.8) is 0 Å². The maximum atomic E-state index is 12.6. The molecular formula is C40H35N10NaO17S4. The number of phenols is 2. The van der Waals surface area contributed by atoms with Crippen molar-refractivity contribution in [1.29, 1.82) is 0 Å². The fourth-order valence-corrected chi connectivity index (χ4v) is 8.89. The van der Waals surface area contributed by atoms with Crippen LogP contribution >= 0.6 is 0 Å². The van der Waals surface area contributed by atoms with E-state index in [-0.39, 0.29) is 122 Å². The van der Waals surface area contributed by atoms with Gasteiger partial charge in [-0.2, -0.15) is 45.3 Å². The molecular weight excluding hydrogens is 1040 g/mol. The number of ether oxygens (including phenoxy) is 2. The predicted octanol–water partition coefficient (Wildman–Crippen LogP) is 3.29. The molecule has 7 aromatic rings. The summed E-state index contributed by atoms with van der Waals surface area (Å²) < 4.78 is 148. The molecule has 32 heteroatoms. The van der Waals surface area contributed by atoms with E-state index in [1.54, 1.807) is 6.92 Å². The summed E-state index contributed by atoms with van der Waals surface area (Å²) in [6, 6.07) is 14.3. The molecule has 0 saturated carbocycles. The number of aromatic nitrogens is 3. The van der Waals surface area contributed by atoms with Gasteiger partial charge in [-0.15, -0.1) is 15.3 Å². The number of hydrogen-bond donors (Lipinski definition) is 9. The molecule has 0 aliphatic rings. The molecule has 9 N–H and O–H groups in total. The third kappa shape index (κ3) is 12.3. The largest absolute Gasteiger partial charge is 1.00 e. The first-order valence-electron chi connectivity index (χ1n) is 19.6. The topological polar surface area (TPSA) is 424 Å². The van der Waals surface area contributed by atoms with Gasteiger partial charge in [-0.1, -0.05) is 0 Å². The first kappa shape index (κ1) is 54.6. The number of benzene rings is 6. The Morgan fingerprint density at radius 3 is 1.86 bits per heavy atom. The summed E-state index contributed by atoms with van der Waals surface area (Å²) in [6.07, 6.45) is 0. The summed E-state index contributed by atoms with van der Waals surface area (Å²) >= 11 is 0. The van der Waals surface area contributed by atoms with Crippen molar-refractivity contribution in [3.8, 4) is 23.0 Å². The normalized spacial score (nSPS) is 12.3. The number of methoxy groups -OCH3 is 2. The third-order valence-corrected chi connectivity index (χ3v) is 13.3. The van der Waals surface area contributed by atoms with Crippen LogP contribution in [0.25, 0.3) is 21.5 Å². The van der Waals surface area contributed by atoms with Crippen molar-refractivity contribution in [2.24, 2.45) is 20.5 Å². The summed E-state index contributed by atoms with van der Waals surface area (Å²) in [5.74, 6) is -1.74. The number of anilines is 5. The second-order valence-corrected chi connectivity index (χ2v) is 20.3. The monoisotopic (exact) mass is 1080 g/mol. The number of hydrogen-bond acceptors (Lipinski definition) is 24. The van der Waals surface area contributed by atoms with Gasteiger partial charge in [0.1, 0.15) is 43.6 Å². The number of rotatable bonds is 17. The number of nitrogens with one attached hydrogen (secondary N) is 3. The van der Waals surface area contributed by atoms with E-state index in [2.05, 4.69) is 51.4 Å². The van der Waals surface area contributed by atoms with Crippen molar-refractivity contribution < 1.29 is 106 Å². The Morgan fingerprint density at radius 2 is 1.24 bits per heavy atom. The molecule has 0 amide bonds. The molecule has 1 aromatic heterocycles. The van der Waals surface area contributed by atoms with E-state index in [1.807, 2.05) is 0 Å². The van der Waals surface area contributed by atoms with Crippen LogP contribution in [0.4, 0.5) is 52.0 Å². The van der Waals surface area contributed by atoms with E-state index in [1.165, 1.54) is 44.6 Å². The number of fused-ring (bicyclic) bond motifs is 2. The molecule has 0 fully saturated rings. The minimum Gasteiger partial charge on any atom is -0.744 e. The van der Waals surface area contributed by atoms with Crippen LogP contribution in [0.5, 0.6) is 23.0 Å². The van der Waals surface area contributed by atoms with E-state index in [4.69, 9.17) is 9.47 Å². The number of aliphatic hydroxyl groups excluding tert-OH is 1. The van der Waals surface area contributed by atoms with Crippen LogP contribution in [0.15, 0.2) is 119 Å². The van der Waals surface area contributed by atoms with Crippen LogP contribution in [0.1, 0.15) is 5.56 Å². The number of nitrogens with zero attached hydrogens (tertiary/aromatic N) is 7. The molecule has 0 spiro atoms. The minimum absolute atomic E-state index is 0. The number of aromatic hydroxyl groups is 2. The SMILES string of the molecule is COc1ccc(S(=O)(=O)O)cc1N=Nc1c(S(=O)(=O)O)cc2cc(Nc3nc(NCCO)nc(Nc4cc(C)c(N=Nc5cc(S(=O)(=O)O)cc6cc(S(=O)(=O)[O-])cc(O)c56)cc4OC)n3)ccc2c1O.[Na+]. The Hall–Kier alpha value is -6.75. The summed E-state index contributed by atoms with van der Waals surface area (Å²) in [5.41, 5.74) is -0.387. The molecule has 0 aliphatic heterocycles. The van der Waals surface area contributed by atoms with Crippen molar-refractivity contribution in [3.05, 3.63) is 84.4 Å². The van der Waals surface area contributed by atoms with Gasteiger partial charge in [0.05, 0.1) is 58.0 Å². The Bertz CT molecular complexity index is 3850. The van der Waals surface area contributed by atoms with Gasteiger partial charge < -0.3 is 45.3 Å². The molecule has 0 bridgehead atoms. The van der Waals surface area contributed by atoms with Gasteiger partial charge in [0, 0.05) is 23.7 Å². The van der Waals surface area contributed by atoms with Crippen LogP contribution in [-0.2, 0) is 40.5 Å². The van der Waals surface area contributed by atoms with E-state index in [0.717, 1.165) is 42.5 Å². The van der Waals surface area contributed by atoms with Crippen LogP contribution in [0.2, 0.25) is 0 Å². The van der Waals surface area contributed by atoms with Gasteiger partial charge in [-0.3, -0.25) is 13.7 Å². The Balaban J connectivity index is 0.00000847. The van der Waals surface area contributed by atoms with Gasteiger partial charge in [0.15, 0.2) is 5.75 Å². The molecule has 0 radical (unpaired) electrons. The van der Waals surface area contributed by atoms with Gasteiger partial charge >= 0.3 is 29.6 Å². The fraction of sp³-hybridized carbons (Fsp3) is 0.125. The van der Waals surface area contributed by atoms with Gasteiger partial charge in [-0.25, -0.2) is 8.42 Å². The average molecular weight is 1080 g/mol. The Morgan fingerprint density at radius 1 is 0.625 bits per heavy atom. The molecule has 0 aliphatic carbocycles. The average Bonchev–Trinajstić information content (AvgIpc) is 3.28. The molecule has 6 aromatic carbocycles. The molecule has 7 rings (SSSR count). The first-order chi connectivity index (χ1) is 33.3. The maximum Gasteiger partial charge on any atom is 1.00 e. The first-order valence-corrected chi connectivity index (χ1v) is 25.3. The minimum atomic E-state index is -5.13. The van der Waals surface area contributed by atoms with Crippen LogP contribution in [0, 0.1) is 6.92 Å². The second-order valence-electron chi connectivity index (χ2n) is 14.6. The summed E-state index contributed by atoms with van der Waals surface area (Å²) in [6.45, 7) is 1.27. The standard InChI is InChI=1S/C40H36N10O17S4.Na/c1-19-10-28(33(67-3)18-27(19)47-49-30-16-24(69(57,58)59)12-21-13-25(70(60,61)62)17-31(52)35(21)30)43-40-45-38(41-8-9-51)44-39(46-40)42-22-4-6-26-20(11-22)14-34(71(63,64)65)36(37(26)53)50-48-29-15-23(68(54,55)56)5-7-32(29)66-2;/h4-7,10-18,51-53H,8-9H2,1-3H3,(H,54,55,56)(H,57,58,59)(H,60,61,62)(H,63,64,65)(H3,41,42,43,44,45,46);/q;+1/p-1. The van der Waals surface area contributed by atoms with Crippen LogP contribution in [-0.4, -0.2) is 110 Å². The van der Waals surface area contributed by atoms with Gasteiger partial charge in [0.25, 0.3) is 30.4 Å². The van der Waals surface area contributed by atoms with Crippen molar-refractivity contribution in [2.75, 3.05) is 43.3 Å². The number of azo groups is 2. The Kier molecular flexibility index (Phi) is 16.0. The van der Waals surface area contributed by atoms with Gasteiger partial charge in [0.2, 0.25) is 17.8 Å². The summed E-state index contributed by atoms with van der Waals surface area (Å²) in [5, 5.41) is 55.6. The van der Waals surface area contributed by atoms with E-state index in [0.29, 0.717) is 11.6 Å². The Labute approximate surface area is 430 Å². The van der Waals surface area contributed by atoms with Crippen molar-refractivity contribution >= 4 is 114 Å². The third-order valence-electron chi connectivity index (χ3n) is 9.89. The zero-order chi connectivity index (χ0) is 51.8. The summed E-state index contributed by atoms with van der Waals surface area (Å²) in [4.78, 5) is 9.93. The van der Waals surface area contributed by atoms with E-state index < -0.39 is 77.2 Å². The zero-order valence-electron chi connectivity index (χ0n) is 37.4. The molecule has 0 unspecified atom stereocenters. The van der Waals surface area contributed by atoms with Gasteiger partial charge in [-0.05, 0) is 96.1 Å². The van der Waals surface area contributed by atoms with E-state index in [9.17, 15) is 67.2 Å². The molecule has 0 atom stereocenters. The zero-order valence-corrected chi connectivity index (χ0v) is 42.6. The molecule has 372 valence electrons. The maximum absolute atomic E-state index is 12.6.